The van der Waals surface area contributed by atoms with Crippen molar-refractivity contribution in [1.29, 1.82) is 0 Å². The first-order chi connectivity index (χ1) is 12.2. The van der Waals surface area contributed by atoms with Gasteiger partial charge in [-0.3, -0.25) is 9.59 Å². The van der Waals surface area contributed by atoms with Gasteiger partial charge in [-0.15, -0.1) is 0 Å². The lowest BCUT2D eigenvalue weighted by Crippen LogP contribution is -2.37. The van der Waals surface area contributed by atoms with Crippen LogP contribution >= 0.6 is 11.6 Å². The van der Waals surface area contributed by atoms with Crippen LogP contribution in [-0.2, 0) is 16.0 Å². The lowest BCUT2D eigenvalue weighted by atomic mass is 10.1. The molecule has 0 spiro atoms. The second-order valence-corrected chi connectivity index (χ2v) is 6.94. The molecular formula is C21H25ClN2O2. The molecule has 0 aliphatic carbocycles. The lowest BCUT2D eigenvalue weighted by Gasteiger charge is -2.24. The van der Waals surface area contributed by atoms with Gasteiger partial charge in [-0.05, 0) is 55.5 Å². The summed E-state index contributed by atoms with van der Waals surface area (Å²) in [4.78, 5) is 26.3. The van der Waals surface area contributed by atoms with E-state index in [-0.39, 0.29) is 18.4 Å². The van der Waals surface area contributed by atoms with Crippen molar-refractivity contribution in [1.82, 2.24) is 0 Å². The zero-order valence-corrected chi connectivity index (χ0v) is 16.7. The third-order valence-corrected chi connectivity index (χ3v) is 4.64. The number of nitrogens with zero attached hydrogens (tertiary/aromatic N) is 1. The molecule has 5 heteroatoms. The number of carbonyl (C=O) groups excluding carboxylic acids is 2. The molecule has 0 aliphatic heterocycles. The zero-order valence-electron chi connectivity index (χ0n) is 15.9. The second kappa shape index (κ2) is 8.37. The van der Waals surface area contributed by atoms with E-state index in [1.165, 1.54) is 11.8 Å². The summed E-state index contributed by atoms with van der Waals surface area (Å²) in [6.45, 7) is 9.18. The van der Waals surface area contributed by atoms with Gasteiger partial charge in [0, 0.05) is 12.6 Å². The molecule has 1 N–H and O–H groups in total. The average molecular weight is 373 g/mol. The first kappa shape index (κ1) is 20.0. The highest BCUT2D eigenvalue weighted by molar-refractivity contribution is 6.34. The molecule has 2 rings (SSSR count). The highest BCUT2D eigenvalue weighted by Gasteiger charge is 2.21. The van der Waals surface area contributed by atoms with Gasteiger partial charge in [0.25, 0.3) is 0 Å². The number of para-hydroxylation sites is 1. The predicted octanol–water partition coefficient (Wildman–Crippen LogP) is 4.82. The van der Waals surface area contributed by atoms with E-state index in [9.17, 15) is 9.59 Å². The molecule has 138 valence electrons. The second-order valence-electron chi connectivity index (χ2n) is 6.53. The maximum Gasteiger partial charge on any atom is 0.244 e. The zero-order chi connectivity index (χ0) is 19.4. The van der Waals surface area contributed by atoms with E-state index >= 15 is 0 Å². The first-order valence-corrected chi connectivity index (χ1v) is 9.05. The van der Waals surface area contributed by atoms with E-state index in [1.54, 1.807) is 6.07 Å². The van der Waals surface area contributed by atoms with Crippen LogP contribution in [0, 0.1) is 20.8 Å². The molecule has 2 amide bonds. The number of aryl methyl sites for hydroxylation is 4. The Morgan fingerprint density at radius 1 is 1.12 bits per heavy atom. The Morgan fingerprint density at radius 2 is 1.81 bits per heavy atom. The summed E-state index contributed by atoms with van der Waals surface area (Å²) in [5, 5.41) is 3.43. The van der Waals surface area contributed by atoms with Crippen molar-refractivity contribution in [2.75, 3.05) is 16.8 Å². The van der Waals surface area contributed by atoms with Gasteiger partial charge in [-0.25, -0.2) is 0 Å². The third kappa shape index (κ3) is 4.44. The summed E-state index contributed by atoms with van der Waals surface area (Å²) >= 11 is 6.36. The molecule has 2 aromatic carbocycles. The largest absolute Gasteiger partial charge is 0.324 e. The number of amides is 2. The number of benzene rings is 2. The quantitative estimate of drug-likeness (QED) is 0.818. The molecule has 0 aromatic heterocycles. The molecular weight excluding hydrogens is 348 g/mol. The molecule has 2 aromatic rings. The topological polar surface area (TPSA) is 49.4 Å². The van der Waals surface area contributed by atoms with Gasteiger partial charge in [-0.2, -0.15) is 0 Å². The summed E-state index contributed by atoms with van der Waals surface area (Å²) in [6, 6.07) is 9.67. The molecule has 0 radical (unpaired) electrons. The fourth-order valence-corrected chi connectivity index (χ4v) is 3.55. The number of rotatable bonds is 5. The molecule has 0 saturated heterocycles. The predicted molar refractivity (Wildman–Crippen MR) is 108 cm³/mol. The minimum absolute atomic E-state index is 0.0869. The standard InChI is InChI=1S/C21H25ClN2O2/c1-6-17-9-7-8-14(3)20(17)23-19(26)12-24(16(5)25)21-15(4)10-13(2)11-18(21)22/h7-11H,6,12H2,1-5H3,(H,23,26). The summed E-state index contributed by atoms with van der Waals surface area (Å²) in [6.07, 6.45) is 0.816. The Bertz CT molecular complexity index is 823. The maximum atomic E-state index is 12.7. The number of nitrogens with one attached hydrogen (secondary N) is 1. The Labute approximate surface area is 160 Å². The molecule has 0 fully saturated rings. The molecule has 0 saturated carbocycles. The van der Waals surface area contributed by atoms with Crippen molar-refractivity contribution >= 4 is 34.8 Å². The van der Waals surface area contributed by atoms with Crippen molar-refractivity contribution in [3.8, 4) is 0 Å². The third-order valence-electron chi connectivity index (χ3n) is 4.35. The van der Waals surface area contributed by atoms with Crippen LogP contribution in [0.3, 0.4) is 0 Å². The molecule has 0 unspecified atom stereocenters. The van der Waals surface area contributed by atoms with Crippen molar-refractivity contribution in [2.24, 2.45) is 0 Å². The SMILES string of the molecule is CCc1cccc(C)c1NC(=O)CN(C(C)=O)c1c(C)cc(C)cc1Cl. The number of hydrogen-bond donors (Lipinski definition) is 1. The van der Waals surface area contributed by atoms with Gasteiger partial charge < -0.3 is 10.2 Å². The molecule has 0 atom stereocenters. The van der Waals surface area contributed by atoms with Gasteiger partial charge in [-0.1, -0.05) is 42.8 Å². The van der Waals surface area contributed by atoms with E-state index < -0.39 is 0 Å². The van der Waals surface area contributed by atoms with Gasteiger partial charge in [0.1, 0.15) is 6.54 Å². The van der Waals surface area contributed by atoms with Gasteiger partial charge in [0.2, 0.25) is 11.8 Å². The summed E-state index contributed by atoms with van der Waals surface area (Å²) in [5.74, 6) is -0.477. The maximum absolute atomic E-state index is 12.7. The smallest absolute Gasteiger partial charge is 0.244 e. The number of hydrogen-bond acceptors (Lipinski definition) is 2. The fourth-order valence-electron chi connectivity index (χ4n) is 3.12. The molecule has 4 nitrogen and oxygen atoms in total. The lowest BCUT2D eigenvalue weighted by molar-refractivity contribution is -0.120. The van der Waals surface area contributed by atoms with Gasteiger partial charge >= 0.3 is 0 Å². The molecule has 0 aliphatic rings. The van der Waals surface area contributed by atoms with Crippen LogP contribution in [0.2, 0.25) is 5.02 Å². The van der Waals surface area contributed by atoms with Gasteiger partial charge in [0.05, 0.1) is 10.7 Å². The normalized spacial score (nSPS) is 10.5. The summed E-state index contributed by atoms with van der Waals surface area (Å²) < 4.78 is 0. The van der Waals surface area contributed by atoms with E-state index in [2.05, 4.69) is 5.32 Å². The Kier molecular flexibility index (Phi) is 6.43. The molecule has 26 heavy (non-hydrogen) atoms. The van der Waals surface area contributed by atoms with E-state index in [0.717, 1.165) is 34.4 Å². The highest BCUT2D eigenvalue weighted by atomic mass is 35.5. The fraction of sp³-hybridized carbons (Fsp3) is 0.333. The number of carbonyl (C=O) groups is 2. The minimum Gasteiger partial charge on any atom is -0.324 e. The monoisotopic (exact) mass is 372 g/mol. The van der Waals surface area contributed by atoms with Crippen molar-refractivity contribution in [3.05, 3.63) is 57.6 Å². The van der Waals surface area contributed by atoms with E-state index in [1.807, 2.05) is 52.0 Å². The van der Waals surface area contributed by atoms with Crippen LogP contribution in [-0.4, -0.2) is 18.4 Å². The van der Waals surface area contributed by atoms with Crippen LogP contribution in [0.25, 0.3) is 0 Å². The Hall–Kier alpha value is -2.33. The summed E-state index contributed by atoms with van der Waals surface area (Å²) in [5.41, 5.74) is 5.34. The summed E-state index contributed by atoms with van der Waals surface area (Å²) in [7, 11) is 0. The first-order valence-electron chi connectivity index (χ1n) is 8.67. The average Bonchev–Trinajstić information content (AvgIpc) is 2.54. The van der Waals surface area contributed by atoms with Crippen LogP contribution in [0.5, 0.6) is 0 Å². The number of anilines is 2. The minimum atomic E-state index is -0.250. The van der Waals surface area contributed by atoms with Gasteiger partial charge in [0.15, 0.2) is 0 Å². The van der Waals surface area contributed by atoms with Crippen molar-refractivity contribution in [3.63, 3.8) is 0 Å². The van der Waals surface area contributed by atoms with Crippen molar-refractivity contribution in [2.45, 2.75) is 41.0 Å². The molecule has 0 bridgehead atoms. The van der Waals surface area contributed by atoms with E-state index in [4.69, 9.17) is 11.6 Å². The highest BCUT2D eigenvalue weighted by Crippen LogP contribution is 2.31. The van der Waals surface area contributed by atoms with Crippen LogP contribution < -0.4 is 10.2 Å². The van der Waals surface area contributed by atoms with Crippen LogP contribution in [0.4, 0.5) is 11.4 Å². The Morgan fingerprint density at radius 3 is 2.38 bits per heavy atom. The number of halogens is 1. The van der Waals surface area contributed by atoms with Crippen LogP contribution in [0.15, 0.2) is 30.3 Å². The van der Waals surface area contributed by atoms with E-state index in [0.29, 0.717) is 10.7 Å². The van der Waals surface area contributed by atoms with Crippen molar-refractivity contribution < 1.29 is 9.59 Å². The van der Waals surface area contributed by atoms with Crippen LogP contribution in [0.1, 0.15) is 36.1 Å². The molecule has 0 heterocycles. The Balaban J connectivity index is 2.30.